The predicted octanol–water partition coefficient (Wildman–Crippen LogP) is 3.32. The number of benzene rings is 1. The van der Waals surface area contributed by atoms with E-state index in [-0.39, 0.29) is 5.41 Å². The smallest absolute Gasteiger partial charge is 0.146 e. The third-order valence-electron chi connectivity index (χ3n) is 2.41. The molecule has 0 N–H and O–H groups in total. The summed E-state index contributed by atoms with van der Waals surface area (Å²) >= 11 is 0. The number of allylic oxidation sites excluding steroid dienone is 1. The first-order chi connectivity index (χ1) is 7.47. The van der Waals surface area contributed by atoms with Crippen LogP contribution >= 0.6 is 0 Å². The molecule has 0 heterocycles. The first-order valence-corrected chi connectivity index (χ1v) is 5.29. The number of ether oxygens (including phenoxy) is 1. The van der Waals surface area contributed by atoms with Gasteiger partial charge >= 0.3 is 0 Å². The number of carbonyl (C=O) groups is 1. The summed E-state index contributed by atoms with van der Waals surface area (Å²) in [6, 6.07) is 7.66. The van der Waals surface area contributed by atoms with E-state index in [2.05, 4.69) is 0 Å². The van der Waals surface area contributed by atoms with Crippen molar-refractivity contribution in [1.29, 1.82) is 0 Å². The maximum Gasteiger partial charge on any atom is 0.146 e. The van der Waals surface area contributed by atoms with E-state index in [4.69, 9.17) is 4.74 Å². The molecule has 0 aliphatic heterocycles. The van der Waals surface area contributed by atoms with Crippen LogP contribution in [0.15, 0.2) is 29.8 Å². The molecule has 0 amide bonds. The Morgan fingerprint density at radius 3 is 2.50 bits per heavy atom. The van der Waals surface area contributed by atoms with Gasteiger partial charge in [0, 0.05) is 0 Å². The zero-order valence-electron chi connectivity index (χ0n) is 10.3. The van der Waals surface area contributed by atoms with Gasteiger partial charge in [-0.15, -0.1) is 0 Å². The fourth-order valence-electron chi connectivity index (χ4n) is 1.34. The van der Waals surface area contributed by atoms with Crippen LogP contribution in [0.3, 0.4) is 0 Å². The minimum absolute atomic E-state index is 0.134. The maximum absolute atomic E-state index is 11.0. The molecule has 1 aromatic carbocycles. The van der Waals surface area contributed by atoms with Crippen molar-refractivity contribution in [2.24, 2.45) is 5.41 Å². The quantitative estimate of drug-likeness (QED) is 0.574. The molecule has 86 valence electrons. The molecule has 0 aromatic heterocycles. The number of aldehydes is 1. The van der Waals surface area contributed by atoms with Gasteiger partial charge in [-0.05, 0) is 34.8 Å². The summed E-state index contributed by atoms with van der Waals surface area (Å²) in [5, 5.41) is 0. The number of hydrogen-bond donors (Lipinski definition) is 0. The van der Waals surface area contributed by atoms with E-state index in [1.54, 1.807) is 7.11 Å². The van der Waals surface area contributed by atoms with Crippen molar-refractivity contribution in [2.75, 3.05) is 7.11 Å². The molecule has 0 bridgehead atoms. The molecule has 0 fully saturated rings. The lowest BCUT2D eigenvalue weighted by molar-refractivity contribution is -0.105. The lowest BCUT2D eigenvalue weighted by Gasteiger charge is -2.18. The second-order valence-electron chi connectivity index (χ2n) is 4.74. The molecule has 16 heavy (non-hydrogen) atoms. The average Bonchev–Trinajstić information content (AvgIpc) is 2.24. The fraction of sp³-hybridized carbons (Fsp3) is 0.357. The Morgan fingerprint density at radius 1 is 1.31 bits per heavy atom. The van der Waals surface area contributed by atoms with Gasteiger partial charge in [0.2, 0.25) is 0 Å². The van der Waals surface area contributed by atoms with Gasteiger partial charge in [-0.2, -0.15) is 0 Å². The number of carbonyl (C=O) groups excluding carboxylic acids is 1. The summed E-state index contributed by atoms with van der Waals surface area (Å²) in [5.41, 5.74) is 1.63. The van der Waals surface area contributed by atoms with Crippen molar-refractivity contribution in [1.82, 2.24) is 0 Å². The van der Waals surface area contributed by atoms with E-state index in [1.165, 1.54) is 0 Å². The zero-order chi connectivity index (χ0) is 12.2. The molecule has 0 radical (unpaired) electrons. The van der Waals surface area contributed by atoms with E-state index < -0.39 is 0 Å². The van der Waals surface area contributed by atoms with Crippen molar-refractivity contribution in [3.63, 3.8) is 0 Å². The second kappa shape index (κ2) is 4.97. The van der Waals surface area contributed by atoms with Crippen molar-refractivity contribution in [3.05, 3.63) is 35.4 Å². The third kappa shape index (κ3) is 3.23. The van der Waals surface area contributed by atoms with Crippen LogP contribution in [-0.4, -0.2) is 13.4 Å². The van der Waals surface area contributed by atoms with Crippen molar-refractivity contribution in [2.45, 2.75) is 20.8 Å². The Kier molecular flexibility index (Phi) is 3.88. The number of hydrogen-bond acceptors (Lipinski definition) is 2. The molecule has 2 heteroatoms. The summed E-state index contributed by atoms with van der Waals surface area (Å²) in [7, 11) is 1.63. The second-order valence-corrected chi connectivity index (χ2v) is 4.74. The van der Waals surface area contributed by atoms with Crippen LogP contribution in [0.2, 0.25) is 0 Å². The maximum atomic E-state index is 11.0. The Bertz CT molecular complexity index is 397. The van der Waals surface area contributed by atoms with E-state index in [1.807, 2.05) is 51.1 Å². The summed E-state index contributed by atoms with van der Waals surface area (Å²) in [4.78, 5) is 11.0. The topological polar surface area (TPSA) is 26.3 Å². The van der Waals surface area contributed by atoms with Crippen molar-refractivity contribution < 1.29 is 9.53 Å². The van der Waals surface area contributed by atoms with Crippen LogP contribution in [-0.2, 0) is 4.79 Å². The van der Waals surface area contributed by atoms with Gasteiger partial charge in [0.25, 0.3) is 0 Å². The molecule has 0 aliphatic rings. The van der Waals surface area contributed by atoms with Crippen molar-refractivity contribution >= 4 is 12.4 Å². The predicted molar refractivity (Wildman–Crippen MR) is 66.5 cm³/mol. The highest BCUT2D eigenvalue weighted by Gasteiger charge is 2.16. The molecule has 0 saturated heterocycles. The molecular formula is C14H18O2. The van der Waals surface area contributed by atoms with Crippen molar-refractivity contribution in [3.8, 4) is 5.75 Å². The molecule has 1 aromatic rings. The first kappa shape index (κ1) is 12.5. The van der Waals surface area contributed by atoms with Crippen LogP contribution in [0.1, 0.15) is 26.3 Å². The normalized spacial score (nSPS) is 12.4. The minimum Gasteiger partial charge on any atom is -0.497 e. The van der Waals surface area contributed by atoms with Gasteiger partial charge in [-0.3, -0.25) is 4.79 Å². The Hall–Kier alpha value is -1.57. The molecule has 0 aliphatic carbocycles. The monoisotopic (exact) mass is 218 g/mol. The van der Waals surface area contributed by atoms with E-state index in [0.717, 1.165) is 23.2 Å². The zero-order valence-corrected chi connectivity index (χ0v) is 10.3. The lowest BCUT2D eigenvalue weighted by atomic mass is 9.86. The van der Waals surface area contributed by atoms with Crippen LogP contribution in [0, 0.1) is 5.41 Å². The fourth-order valence-corrected chi connectivity index (χ4v) is 1.34. The van der Waals surface area contributed by atoms with E-state index in [0.29, 0.717) is 0 Å². The Morgan fingerprint density at radius 2 is 2.00 bits per heavy atom. The summed E-state index contributed by atoms with van der Waals surface area (Å²) in [6.07, 6.45) is 2.81. The number of rotatable bonds is 3. The molecule has 0 spiro atoms. The van der Waals surface area contributed by atoms with Crippen LogP contribution in [0.5, 0.6) is 5.75 Å². The Balaban J connectivity index is 3.09. The molecule has 0 unspecified atom stereocenters. The standard InChI is InChI=1S/C14H18O2/c1-14(2,3)12(10-15)8-11-6-5-7-13(9-11)16-4/h5-10H,1-4H3/b12-8+. The highest BCUT2D eigenvalue weighted by molar-refractivity contribution is 5.83. The highest BCUT2D eigenvalue weighted by Crippen LogP contribution is 2.26. The van der Waals surface area contributed by atoms with Gasteiger partial charge in [-0.25, -0.2) is 0 Å². The SMILES string of the molecule is COc1cccc(/C=C(\C=O)C(C)(C)C)c1. The molecule has 0 atom stereocenters. The summed E-state index contributed by atoms with van der Waals surface area (Å²) < 4.78 is 5.14. The summed E-state index contributed by atoms with van der Waals surface area (Å²) in [6.45, 7) is 6.06. The minimum atomic E-state index is -0.134. The summed E-state index contributed by atoms with van der Waals surface area (Å²) in [5.74, 6) is 0.799. The van der Waals surface area contributed by atoms with Crippen LogP contribution in [0.4, 0.5) is 0 Å². The lowest BCUT2D eigenvalue weighted by Crippen LogP contribution is -2.10. The van der Waals surface area contributed by atoms with Gasteiger partial charge in [0.05, 0.1) is 7.11 Å². The number of methoxy groups -OCH3 is 1. The molecule has 0 saturated carbocycles. The third-order valence-corrected chi connectivity index (χ3v) is 2.41. The molecule has 1 rings (SSSR count). The van der Waals surface area contributed by atoms with Crippen LogP contribution in [0.25, 0.3) is 6.08 Å². The largest absolute Gasteiger partial charge is 0.497 e. The van der Waals surface area contributed by atoms with Gasteiger partial charge in [-0.1, -0.05) is 32.9 Å². The average molecular weight is 218 g/mol. The first-order valence-electron chi connectivity index (χ1n) is 5.29. The Labute approximate surface area is 96.9 Å². The van der Waals surface area contributed by atoms with E-state index in [9.17, 15) is 4.79 Å². The van der Waals surface area contributed by atoms with Crippen LogP contribution < -0.4 is 4.74 Å². The van der Waals surface area contributed by atoms with E-state index >= 15 is 0 Å². The molecule has 2 nitrogen and oxygen atoms in total. The highest BCUT2D eigenvalue weighted by atomic mass is 16.5. The van der Waals surface area contributed by atoms with Gasteiger partial charge in [0.15, 0.2) is 0 Å². The van der Waals surface area contributed by atoms with Gasteiger partial charge < -0.3 is 4.74 Å². The van der Waals surface area contributed by atoms with Gasteiger partial charge in [0.1, 0.15) is 12.0 Å². The molecular weight excluding hydrogens is 200 g/mol.